The fourth-order valence-corrected chi connectivity index (χ4v) is 3.35. The van der Waals surface area contributed by atoms with E-state index in [4.69, 9.17) is 0 Å². The van der Waals surface area contributed by atoms with Crippen molar-refractivity contribution in [1.82, 2.24) is 5.01 Å². The number of quaternary nitrogens is 1. The molecule has 25 heavy (non-hydrogen) atoms. The quantitative estimate of drug-likeness (QED) is 0.846. The monoisotopic (exact) mass is 336 g/mol. The number of fused-ring (bicyclic) bond motifs is 1. The van der Waals surface area contributed by atoms with Gasteiger partial charge in [0.05, 0.1) is 18.8 Å². The second-order valence-corrected chi connectivity index (χ2v) is 5.84. The molecule has 0 radical (unpaired) electrons. The van der Waals surface area contributed by atoms with Gasteiger partial charge in [-0.2, -0.15) is 9.79 Å². The van der Waals surface area contributed by atoms with Crippen LogP contribution in [0.2, 0.25) is 0 Å². The third-order valence-electron chi connectivity index (χ3n) is 4.53. The van der Waals surface area contributed by atoms with E-state index in [1.54, 1.807) is 24.2 Å². The van der Waals surface area contributed by atoms with Gasteiger partial charge in [-0.1, -0.05) is 30.3 Å². The molecule has 0 saturated heterocycles. The lowest BCUT2D eigenvalue weighted by Crippen LogP contribution is -2.55. The van der Waals surface area contributed by atoms with Crippen molar-refractivity contribution in [2.75, 3.05) is 7.05 Å². The molecule has 0 aromatic heterocycles. The van der Waals surface area contributed by atoms with Crippen molar-refractivity contribution in [3.63, 3.8) is 0 Å². The molecule has 1 N–H and O–H groups in total. The molecule has 2 heterocycles. The summed E-state index contributed by atoms with van der Waals surface area (Å²) >= 11 is 0. The third-order valence-corrected chi connectivity index (χ3v) is 4.53. The first-order chi connectivity index (χ1) is 12.1. The normalized spacial score (nSPS) is 21.5. The summed E-state index contributed by atoms with van der Waals surface area (Å²) < 4.78 is 12.8. The number of amidine groups is 1. The zero-order valence-electron chi connectivity index (χ0n) is 13.4. The topological polar surface area (TPSA) is 52.9 Å². The maximum Gasteiger partial charge on any atom is 0.550 e. The van der Waals surface area contributed by atoms with Crippen molar-refractivity contribution in [1.29, 1.82) is 0 Å². The Morgan fingerprint density at radius 3 is 2.40 bits per heavy atom. The number of carboxylic acid groups (broad SMARTS) is 1. The second-order valence-electron chi connectivity index (χ2n) is 5.84. The third kappa shape index (κ3) is 2.04. The van der Waals surface area contributed by atoms with Crippen molar-refractivity contribution < 1.29 is 18.9 Å². The minimum absolute atomic E-state index is 0.342. The summed E-state index contributed by atoms with van der Waals surface area (Å²) in [6.07, 6.45) is 1.97. The molecule has 124 valence electrons. The van der Waals surface area contributed by atoms with Crippen LogP contribution in [0.3, 0.4) is 0 Å². The van der Waals surface area contributed by atoms with Crippen LogP contribution in [0.5, 0.6) is 0 Å². The molecule has 1 unspecified atom stereocenters. The summed E-state index contributed by atoms with van der Waals surface area (Å²) in [6.45, 7) is 0. The number of aliphatic imine (C=N–C) groups is 1. The lowest BCUT2D eigenvalue weighted by molar-refractivity contribution is -0.820. The lowest BCUT2D eigenvalue weighted by Gasteiger charge is -2.29. The summed E-state index contributed by atoms with van der Waals surface area (Å²) in [5, 5.41) is 11.6. The Kier molecular flexibility index (Phi) is 3.30. The molecule has 2 aromatic carbocycles. The van der Waals surface area contributed by atoms with Crippen LogP contribution < -0.4 is 0 Å². The molecule has 1 amide bonds. The van der Waals surface area contributed by atoms with Crippen LogP contribution >= 0.6 is 0 Å². The van der Waals surface area contributed by atoms with E-state index in [1.807, 2.05) is 30.3 Å². The predicted molar refractivity (Wildman–Crippen MR) is 92.3 cm³/mol. The van der Waals surface area contributed by atoms with Gasteiger partial charge in [0.25, 0.3) is 5.84 Å². The van der Waals surface area contributed by atoms with Gasteiger partial charge in [-0.05, 0) is 34.4 Å². The molecule has 1 atom stereocenters. The summed E-state index contributed by atoms with van der Waals surface area (Å²) in [4.78, 5) is 16.5. The maximum absolute atomic E-state index is 13.4. The second kappa shape index (κ2) is 5.39. The van der Waals surface area contributed by atoms with Crippen LogP contribution in [-0.4, -0.2) is 33.7 Å². The van der Waals surface area contributed by atoms with Crippen LogP contribution in [0.4, 0.5) is 9.18 Å². The zero-order valence-corrected chi connectivity index (χ0v) is 13.4. The molecule has 0 bridgehead atoms. The van der Waals surface area contributed by atoms with Crippen LogP contribution in [0, 0.1) is 5.82 Å². The molecule has 4 rings (SSSR count). The fraction of sp³-hybridized carbons (Fsp3) is 0.0526. The number of hydrogen-bond acceptors (Lipinski definition) is 3. The Labute approximate surface area is 143 Å². The van der Waals surface area contributed by atoms with E-state index >= 15 is 0 Å². The molecule has 2 aromatic rings. The molecule has 0 fully saturated rings. The standard InChI is InChI=1S/C19H14FN3O2/c1-22-17(14-7-9-15(20)10-8-14)16(13-5-3-2-4-6-13)18-21-11-12-23(18,22)19(24)25/h2-12H,1H3/p+1. The fourth-order valence-electron chi connectivity index (χ4n) is 3.35. The summed E-state index contributed by atoms with van der Waals surface area (Å²) in [7, 11) is 1.70. The van der Waals surface area contributed by atoms with Gasteiger partial charge in [-0.25, -0.2) is 9.40 Å². The van der Waals surface area contributed by atoms with Crippen LogP contribution in [0.15, 0.2) is 72.0 Å². The predicted octanol–water partition coefficient (Wildman–Crippen LogP) is 3.93. The number of nitrogens with zero attached hydrogens (tertiary/aromatic N) is 3. The van der Waals surface area contributed by atoms with Crippen molar-refractivity contribution in [2.24, 2.45) is 4.99 Å². The van der Waals surface area contributed by atoms with Crippen molar-refractivity contribution >= 4 is 23.2 Å². The molecule has 0 spiro atoms. The molecule has 0 saturated carbocycles. The SMILES string of the molecule is CN1C(c2ccc(F)cc2)=C(c2ccccc2)C2=NC=C[N+]21C(=O)O. The Bertz CT molecular complexity index is 948. The van der Waals surface area contributed by atoms with E-state index in [0.29, 0.717) is 11.5 Å². The van der Waals surface area contributed by atoms with Gasteiger partial charge in [0, 0.05) is 5.56 Å². The van der Waals surface area contributed by atoms with Crippen LogP contribution in [0.1, 0.15) is 11.1 Å². The van der Waals surface area contributed by atoms with Crippen LogP contribution in [0.25, 0.3) is 11.3 Å². The Morgan fingerprint density at radius 2 is 1.76 bits per heavy atom. The van der Waals surface area contributed by atoms with E-state index in [1.165, 1.54) is 24.5 Å². The largest absolute Gasteiger partial charge is 0.550 e. The highest BCUT2D eigenvalue weighted by molar-refractivity contribution is 6.30. The van der Waals surface area contributed by atoms with E-state index < -0.39 is 10.7 Å². The zero-order chi connectivity index (χ0) is 17.6. The first-order valence-electron chi connectivity index (χ1n) is 7.74. The Hall–Kier alpha value is -3.25. The van der Waals surface area contributed by atoms with E-state index in [9.17, 15) is 14.3 Å². The number of benzene rings is 2. The van der Waals surface area contributed by atoms with Gasteiger partial charge in [0.1, 0.15) is 11.5 Å². The lowest BCUT2D eigenvalue weighted by atomic mass is 9.99. The number of amides is 1. The molecular weight excluding hydrogens is 321 g/mol. The van der Waals surface area contributed by atoms with Gasteiger partial charge in [-0.15, -0.1) is 0 Å². The minimum Gasteiger partial charge on any atom is -0.433 e. The molecule has 0 aliphatic carbocycles. The van der Waals surface area contributed by atoms with E-state index in [-0.39, 0.29) is 5.82 Å². The summed E-state index contributed by atoms with van der Waals surface area (Å²) in [6, 6.07) is 15.5. The van der Waals surface area contributed by atoms with Gasteiger partial charge in [0.2, 0.25) is 0 Å². The van der Waals surface area contributed by atoms with Gasteiger partial charge in [-0.3, -0.25) is 0 Å². The van der Waals surface area contributed by atoms with Gasteiger partial charge in [0.15, 0.2) is 6.20 Å². The smallest absolute Gasteiger partial charge is 0.433 e. The number of halogens is 1. The number of carbonyl (C=O) groups is 1. The average molecular weight is 336 g/mol. The van der Waals surface area contributed by atoms with Crippen molar-refractivity contribution in [3.8, 4) is 0 Å². The highest BCUT2D eigenvalue weighted by Gasteiger charge is 2.57. The van der Waals surface area contributed by atoms with Crippen molar-refractivity contribution in [3.05, 3.63) is 83.9 Å². The molecule has 2 aliphatic heterocycles. The molecule has 6 heteroatoms. The first kappa shape index (κ1) is 15.3. The molecule has 5 nitrogen and oxygen atoms in total. The average Bonchev–Trinajstić information content (AvgIpc) is 3.15. The molecule has 2 aliphatic rings. The van der Waals surface area contributed by atoms with Crippen LogP contribution in [-0.2, 0) is 0 Å². The van der Waals surface area contributed by atoms with Gasteiger partial charge >= 0.3 is 6.09 Å². The highest BCUT2D eigenvalue weighted by Crippen LogP contribution is 2.44. The summed E-state index contributed by atoms with van der Waals surface area (Å²) in [5.74, 6) is 0.0756. The van der Waals surface area contributed by atoms with E-state index in [2.05, 4.69) is 4.99 Å². The number of rotatable bonds is 2. The summed E-state index contributed by atoms with van der Waals surface area (Å²) in [5.41, 5.74) is 3.00. The minimum atomic E-state index is -1.06. The highest BCUT2D eigenvalue weighted by atomic mass is 19.1. The molecular formula is C19H15FN3O2+. The van der Waals surface area contributed by atoms with Crippen molar-refractivity contribution in [2.45, 2.75) is 0 Å². The maximum atomic E-state index is 13.4. The number of hydrogen-bond donors (Lipinski definition) is 1. The Morgan fingerprint density at radius 1 is 1.08 bits per heavy atom. The Balaban J connectivity index is 2.01. The first-order valence-corrected chi connectivity index (χ1v) is 7.74. The van der Waals surface area contributed by atoms with Gasteiger partial charge < -0.3 is 5.11 Å². The van der Waals surface area contributed by atoms with E-state index in [0.717, 1.165) is 16.7 Å².